The number of anilines is 1. The second kappa shape index (κ2) is 4.97. The number of carbonyl (C=O) groups is 1. The average molecular weight is 390 g/mol. The molecule has 24 heavy (non-hydrogen) atoms. The molecule has 4 fully saturated rings. The van der Waals surface area contributed by atoms with Crippen molar-refractivity contribution in [2.75, 3.05) is 5.32 Å². The molecule has 0 radical (unpaired) electrons. The summed E-state index contributed by atoms with van der Waals surface area (Å²) in [6, 6.07) is 2.28. The summed E-state index contributed by atoms with van der Waals surface area (Å²) in [5.41, 5.74) is 1.74. The first kappa shape index (κ1) is 14.8. The van der Waals surface area contributed by atoms with Crippen LogP contribution in [0.4, 0.5) is 5.69 Å². The normalized spacial score (nSPS) is 37.0. The summed E-state index contributed by atoms with van der Waals surface area (Å²) in [6.07, 6.45) is 9.52. The van der Waals surface area contributed by atoms with Crippen LogP contribution in [0.2, 0.25) is 0 Å². The van der Waals surface area contributed by atoms with Gasteiger partial charge < -0.3 is 15.4 Å². The van der Waals surface area contributed by atoms with Crippen LogP contribution in [0.3, 0.4) is 0 Å². The smallest absolute Gasteiger partial charge is 0.339 e. The number of rotatable bonds is 3. The van der Waals surface area contributed by atoms with Gasteiger partial charge >= 0.3 is 5.97 Å². The van der Waals surface area contributed by atoms with Gasteiger partial charge in [-0.15, -0.1) is 0 Å². The number of nitrogens with zero attached hydrogens (tertiary/aromatic N) is 1. The number of carboxylic acids is 1. The van der Waals surface area contributed by atoms with Gasteiger partial charge in [-0.2, -0.15) is 0 Å². The van der Waals surface area contributed by atoms with Crippen molar-refractivity contribution in [3.8, 4) is 0 Å². The maximum atomic E-state index is 11.7. The fourth-order valence-electron chi connectivity index (χ4n) is 5.65. The monoisotopic (exact) mass is 389 g/mol. The van der Waals surface area contributed by atoms with Crippen LogP contribution in [0, 0.1) is 17.8 Å². The van der Waals surface area contributed by atoms with Crippen molar-refractivity contribution in [1.29, 1.82) is 0 Å². The third-order valence-electron chi connectivity index (χ3n) is 6.33. The number of aromatic amines is 1. The lowest BCUT2D eigenvalue weighted by Crippen LogP contribution is -2.56. The van der Waals surface area contributed by atoms with Gasteiger partial charge in [-0.05, 0) is 55.9 Å². The molecule has 2 heterocycles. The molecule has 2 aromatic rings. The number of fused-ring (bicyclic) bond motifs is 1. The van der Waals surface area contributed by atoms with Gasteiger partial charge in [-0.25, -0.2) is 9.78 Å². The van der Waals surface area contributed by atoms with E-state index in [9.17, 15) is 9.90 Å². The predicted molar refractivity (Wildman–Crippen MR) is 95.7 cm³/mol. The number of aromatic carboxylic acids is 1. The highest BCUT2D eigenvalue weighted by Gasteiger charge is 2.54. The zero-order chi connectivity index (χ0) is 16.5. The van der Waals surface area contributed by atoms with Gasteiger partial charge in [0, 0.05) is 28.1 Å². The van der Waals surface area contributed by atoms with E-state index in [1.807, 2.05) is 12.3 Å². The predicted octanol–water partition coefficient (Wildman–Crippen LogP) is 4.02. The topological polar surface area (TPSA) is 78.0 Å². The van der Waals surface area contributed by atoms with E-state index >= 15 is 0 Å². The van der Waals surface area contributed by atoms with E-state index in [-0.39, 0.29) is 5.56 Å². The lowest BCUT2D eigenvalue weighted by molar-refractivity contribution is 0.0280. The zero-order valence-corrected chi connectivity index (χ0v) is 14.8. The first-order valence-electron chi connectivity index (χ1n) is 8.67. The summed E-state index contributed by atoms with van der Waals surface area (Å²) in [7, 11) is 0. The molecule has 0 aromatic carbocycles. The highest BCUT2D eigenvalue weighted by molar-refractivity contribution is 9.10. The van der Waals surface area contributed by atoms with E-state index in [0.717, 1.165) is 22.6 Å². The van der Waals surface area contributed by atoms with E-state index in [2.05, 4.69) is 31.2 Å². The van der Waals surface area contributed by atoms with Gasteiger partial charge in [0.1, 0.15) is 11.2 Å². The van der Waals surface area contributed by atoms with Crippen LogP contribution < -0.4 is 5.32 Å². The molecule has 0 saturated heterocycles. The Morgan fingerprint density at radius 3 is 2.75 bits per heavy atom. The molecule has 0 spiro atoms. The Morgan fingerprint density at radius 2 is 2.08 bits per heavy atom. The molecular weight excluding hydrogens is 370 g/mol. The van der Waals surface area contributed by atoms with Crippen molar-refractivity contribution in [1.82, 2.24) is 9.97 Å². The van der Waals surface area contributed by atoms with Crippen LogP contribution in [-0.4, -0.2) is 31.4 Å². The second-order valence-corrected chi connectivity index (χ2v) is 9.57. The molecule has 2 unspecified atom stereocenters. The SMILES string of the molecule is O=C(O)c1cnc2[nH]ccc2c1NC1C2CC3CC1CC(Br)(C3)C2. The van der Waals surface area contributed by atoms with E-state index < -0.39 is 5.97 Å². The van der Waals surface area contributed by atoms with Crippen molar-refractivity contribution in [3.05, 3.63) is 24.0 Å². The molecule has 4 saturated carbocycles. The Hall–Kier alpha value is -1.56. The van der Waals surface area contributed by atoms with Gasteiger partial charge in [0.05, 0.1) is 5.69 Å². The van der Waals surface area contributed by atoms with Crippen molar-refractivity contribution >= 4 is 38.6 Å². The molecule has 6 rings (SSSR count). The lowest BCUT2D eigenvalue weighted by Gasteiger charge is -2.58. The number of aromatic nitrogens is 2. The molecule has 2 aromatic heterocycles. The number of hydrogen-bond acceptors (Lipinski definition) is 3. The minimum Gasteiger partial charge on any atom is -0.478 e. The summed E-state index contributed by atoms with van der Waals surface area (Å²) in [5.74, 6) is 1.16. The van der Waals surface area contributed by atoms with Gasteiger partial charge in [0.2, 0.25) is 0 Å². The molecule has 4 aliphatic rings. The summed E-state index contributed by atoms with van der Waals surface area (Å²) < 4.78 is 0.332. The fraction of sp³-hybridized carbons (Fsp3) is 0.556. The molecule has 0 amide bonds. The van der Waals surface area contributed by atoms with E-state index in [1.54, 1.807) is 0 Å². The van der Waals surface area contributed by atoms with Gasteiger partial charge in [0.25, 0.3) is 0 Å². The first-order valence-corrected chi connectivity index (χ1v) is 9.46. The third kappa shape index (κ3) is 2.11. The van der Waals surface area contributed by atoms with E-state index in [4.69, 9.17) is 0 Å². The molecule has 0 aliphatic heterocycles. The molecule has 126 valence electrons. The minimum atomic E-state index is -0.922. The van der Waals surface area contributed by atoms with E-state index in [1.165, 1.54) is 38.3 Å². The number of hydrogen-bond donors (Lipinski definition) is 3. The molecule has 6 heteroatoms. The Labute approximate surface area is 148 Å². The minimum absolute atomic E-state index is 0.268. The lowest BCUT2D eigenvalue weighted by atomic mass is 9.54. The first-order chi connectivity index (χ1) is 11.5. The summed E-state index contributed by atoms with van der Waals surface area (Å²) in [6.45, 7) is 0. The zero-order valence-electron chi connectivity index (χ0n) is 13.3. The number of alkyl halides is 1. The van der Waals surface area contributed by atoms with Crippen molar-refractivity contribution in [3.63, 3.8) is 0 Å². The fourth-order valence-corrected chi connectivity index (χ4v) is 6.94. The summed E-state index contributed by atoms with van der Waals surface area (Å²) in [5, 5.41) is 14.1. The van der Waals surface area contributed by atoms with Crippen LogP contribution in [0.1, 0.15) is 42.5 Å². The maximum absolute atomic E-state index is 11.7. The Balaban J connectivity index is 1.54. The van der Waals surface area contributed by atoms with Gasteiger partial charge in [-0.3, -0.25) is 0 Å². The van der Waals surface area contributed by atoms with Crippen LogP contribution in [-0.2, 0) is 0 Å². The molecule has 4 aliphatic carbocycles. The van der Waals surface area contributed by atoms with Crippen LogP contribution in [0.25, 0.3) is 11.0 Å². The Morgan fingerprint density at radius 1 is 1.33 bits per heavy atom. The number of nitrogens with one attached hydrogen (secondary N) is 2. The quantitative estimate of drug-likeness (QED) is 0.692. The molecule has 4 bridgehead atoms. The Kier molecular flexibility index (Phi) is 3.06. The highest BCUT2D eigenvalue weighted by Crippen LogP contribution is 2.59. The number of halogens is 1. The molecule has 5 nitrogen and oxygen atoms in total. The second-order valence-electron chi connectivity index (χ2n) is 7.88. The summed E-state index contributed by atoms with van der Waals surface area (Å²) >= 11 is 4.00. The van der Waals surface area contributed by atoms with Crippen LogP contribution in [0.15, 0.2) is 18.5 Å². The Bertz CT molecular complexity index is 817. The average Bonchev–Trinajstić information content (AvgIpc) is 2.97. The van der Waals surface area contributed by atoms with Crippen LogP contribution in [0.5, 0.6) is 0 Å². The molecule has 3 N–H and O–H groups in total. The molecule has 2 atom stereocenters. The van der Waals surface area contributed by atoms with Crippen molar-refractivity contribution in [2.24, 2.45) is 17.8 Å². The largest absolute Gasteiger partial charge is 0.478 e. The van der Waals surface area contributed by atoms with Gasteiger partial charge in [0.15, 0.2) is 0 Å². The van der Waals surface area contributed by atoms with Crippen LogP contribution >= 0.6 is 15.9 Å². The van der Waals surface area contributed by atoms with Gasteiger partial charge in [-0.1, -0.05) is 15.9 Å². The number of H-pyrrole nitrogens is 1. The molecular formula is C18H20BrN3O2. The maximum Gasteiger partial charge on any atom is 0.339 e. The highest BCUT2D eigenvalue weighted by atomic mass is 79.9. The summed E-state index contributed by atoms with van der Waals surface area (Å²) in [4.78, 5) is 19.0. The number of carboxylic acid groups (broad SMARTS) is 1. The van der Waals surface area contributed by atoms with E-state index in [0.29, 0.717) is 22.2 Å². The van der Waals surface area contributed by atoms with Crippen molar-refractivity contribution in [2.45, 2.75) is 42.5 Å². The third-order valence-corrected chi connectivity index (χ3v) is 7.30. The standard InChI is InChI=1S/C18H20BrN3O2/c19-18-5-9-3-10(6-18)14(11(4-9)7-18)22-15-12-1-2-20-16(12)21-8-13(15)17(23)24/h1-2,8-11,14H,3-7H2,(H,23,24)(H2,20,21,22). The number of pyridine rings is 1. The van der Waals surface area contributed by atoms with Crippen molar-refractivity contribution < 1.29 is 9.90 Å².